The largest absolute Gasteiger partial charge is 0.338 e. The Balaban J connectivity index is 0.00000243. The van der Waals surface area contributed by atoms with Gasteiger partial charge in [-0.1, -0.05) is 0 Å². The summed E-state index contributed by atoms with van der Waals surface area (Å²) >= 11 is 0. The van der Waals surface area contributed by atoms with Crippen LogP contribution >= 0.6 is 12.4 Å². The number of amides is 2. The molecule has 0 radical (unpaired) electrons. The highest BCUT2D eigenvalue weighted by atomic mass is 35.5. The van der Waals surface area contributed by atoms with Crippen LogP contribution in [0, 0.1) is 17.0 Å². The smallest absolute Gasteiger partial charge is 0.272 e. The van der Waals surface area contributed by atoms with Crippen molar-refractivity contribution in [1.82, 2.24) is 15.1 Å². The number of nitrogens with zero attached hydrogens (tertiary/aromatic N) is 3. The van der Waals surface area contributed by atoms with Crippen molar-refractivity contribution < 1.29 is 14.5 Å². The molecule has 2 aliphatic rings. The summed E-state index contributed by atoms with van der Waals surface area (Å²) < 4.78 is 0. The first kappa shape index (κ1) is 20.1. The highest BCUT2D eigenvalue weighted by Gasteiger charge is 2.37. The number of halogens is 1. The Morgan fingerprint density at radius 2 is 1.92 bits per heavy atom. The van der Waals surface area contributed by atoms with Crippen LogP contribution in [0.3, 0.4) is 0 Å². The maximum absolute atomic E-state index is 12.9. The van der Waals surface area contributed by atoms with Crippen molar-refractivity contribution in [2.45, 2.75) is 25.8 Å². The van der Waals surface area contributed by atoms with E-state index in [1.165, 1.54) is 18.2 Å². The van der Waals surface area contributed by atoms with Gasteiger partial charge in [0.15, 0.2) is 0 Å². The zero-order valence-corrected chi connectivity index (χ0v) is 15.5. The Bertz CT molecular complexity index is 706. The molecule has 9 heteroatoms. The Kier molecular flexibility index (Phi) is 6.55. The first-order valence-corrected chi connectivity index (χ1v) is 8.54. The lowest BCUT2D eigenvalue weighted by Gasteiger charge is -2.33. The fraction of sp³-hybridized carbons (Fsp3) is 0.529. The van der Waals surface area contributed by atoms with Crippen molar-refractivity contribution in [1.29, 1.82) is 0 Å². The molecular formula is C17H23ClN4O4. The van der Waals surface area contributed by atoms with Gasteiger partial charge in [-0.05, 0) is 31.9 Å². The van der Waals surface area contributed by atoms with E-state index in [-0.39, 0.29) is 29.9 Å². The van der Waals surface area contributed by atoms with Crippen molar-refractivity contribution in [3.63, 3.8) is 0 Å². The monoisotopic (exact) mass is 382 g/mol. The molecule has 2 amide bonds. The number of rotatable bonds is 3. The number of carbonyl (C=O) groups is 2. The lowest BCUT2D eigenvalue weighted by molar-refractivity contribution is -0.385. The molecule has 0 aliphatic carbocycles. The van der Waals surface area contributed by atoms with E-state index in [0.717, 1.165) is 19.5 Å². The van der Waals surface area contributed by atoms with E-state index in [9.17, 15) is 19.7 Å². The average Bonchev–Trinajstić information content (AvgIpc) is 3.10. The molecule has 1 N–H and O–H groups in total. The van der Waals surface area contributed by atoms with Gasteiger partial charge in [0.05, 0.1) is 4.92 Å². The second-order valence-corrected chi connectivity index (χ2v) is 6.49. The highest BCUT2D eigenvalue weighted by Crippen LogP contribution is 2.25. The van der Waals surface area contributed by atoms with Gasteiger partial charge in [-0.2, -0.15) is 0 Å². The summed E-state index contributed by atoms with van der Waals surface area (Å²) in [5.41, 5.74) is 0.828. The van der Waals surface area contributed by atoms with E-state index in [1.54, 1.807) is 11.8 Å². The number of aryl methyl sites for hydroxylation is 1. The predicted molar refractivity (Wildman–Crippen MR) is 98.6 cm³/mol. The maximum Gasteiger partial charge on any atom is 0.272 e. The van der Waals surface area contributed by atoms with Gasteiger partial charge in [0.2, 0.25) is 5.91 Å². The van der Waals surface area contributed by atoms with E-state index >= 15 is 0 Å². The van der Waals surface area contributed by atoms with Gasteiger partial charge in [-0.15, -0.1) is 12.4 Å². The van der Waals surface area contributed by atoms with E-state index in [1.807, 2.05) is 4.90 Å². The second-order valence-electron chi connectivity index (χ2n) is 6.49. The van der Waals surface area contributed by atoms with Crippen LogP contribution in [0.4, 0.5) is 5.69 Å². The van der Waals surface area contributed by atoms with Gasteiger partial charge >= 0.3 is 0 Å². The molecule has 2 saturated heterocycles. The average molecular weight is 383 g/mol. The Morgan fingerprint density at radius 3 is 2.54 bits per heavy atom. The van der Waals surface area contributed by atoms with Gasteiger partial charge in [0.25, 0.3) is 11.6 Å². The van der Waals surface area contributed by atoms with Gasteiger partial charge in [0.1, 0.15) is 6.04 Å². The minimum absolute atomic E-state index is 0. The van der Waals surface area contributed by atoms with Crippen LogP contribution in [-0.4, -0.2) is 65.3 Å². The third-order valence-corrected chi connectivity index (χ3v) is 4.87. The summed E-state index contributed by atoms with van der Waals surface area (Å²) in [6, 6.07) is 3.93. The fourth-order valence-electron chi connectivity index (χ4n) is 3.52. The summed E-state index contributed by atoms with van der Waals surface area (Å²) in [6.45, 7) is 5.02. The van der Waals surface area contributed by atoms with Crippen LogP contribution in [0.15, 0.2) is 18.2 Å². The van der Waals surface area contributed by atoms with Crippen molar-refractivity contribution in [3.8, 4) is 0 Å². The number of benzene rings is 1. The third-order valence-electron chi connectivity index (χ3n) is 4.87. The van der Waals surface area contributed by atoms with Crippen molar-refractivity contribution >= 4 is 29.9 Å². The lowest BCUT2D eigenvalue weighted by Crippen LogP contribution is -2.53. The van der Waals surface area contributed by atoms with E-state index in [2.05, 4.69) is 5.32 Å². The molecule has 3 rings (SSSR count). The molecule has 8 nitrogen and oxygen atoms in total. The molecule has 0 saturated carbocycles. The van der Waals surface area contributed by atoms with Gasteiger partial charge < -0.3 is 15.1 Å². The summed E-state index contributed by atoms with van der Waals surface area (Å²) in [7, 11) is 0. The van der Waals surface area contributed by atoms with Crippen molar-refractivity contribution in [2.24, 2.45) is 0 Å². The SMILES string of the molecule is Cc1cc(C(=O)N2CCCC2C(=O)N2CCNCC2)ccc1[N+](=O)[O-].Cl. The number of nitro benzene ring substituents is 1. The number of nitrogens with one attached hydrogen (secondary N) is 1. The molecule has 142 valence electrons. The minimum Gasteiger partial charge on any atom is -0.338 e. The summed E-state index contributed by atoms with van der Waals surface area (Å²) in [5.74, 6) is -0.227. The minimum atomic E-state index is -0.462. The summed E-state index contributed by atoms with van der Waals surface area (Å²) in [4.78, 5) is 39.5. The first-order valence-electron chi connectivity index (χ1n) is 8.54. The Morgan fingerprint density at radius 1 is 1.23 bits per heavy atom. The van der Waals surface area contributed by atoms with Crippen molar-refractivity contribution in [3.05, 3.63) is 39.4 Å². The molecule has 1 aromatic carbocycles. The molecule has 1 aromatic rings. The number of likely N-dealkylation sites (tertiary alicyclic amines) is 1. The van der Waals surface area contributed by atoms with Crippen LogP contribution < -0.4 is 5.32 Å². The quantitative estimate of drug-likeness (QED) is 0.629. The Hall–Kier alpha value is -2.19. The first-order chi connectivity index (χ1) is 12.0. The van der Waals surface area contributed by atoms with E-state index in [0.29, 0.717) is 37.2 Å². The van der Waals surface area contributed by atoms with Crippen LogP contribution in [0.2, 0.25) is 0 Å². The molecule has 1 unspecified atom stereocenters. The Labute approximate surface area is 158 Å². The fourth-order valence-corrected chi connectivity index (χ4v) is 3.52. The normalized spacial score (nSPS) is 19.8. The number of piperazine rings is 1. The molecule has 26 heavy (non-hydrogen) atoms. The highest BCUT2D eigenvalue weighted by molar-refractivity contribution is 5.98. The molecule has 0 aromatic heterocycles. The number of nitro groups is 1. The molecule has 0 spiro atoms. The molecule has 0 bridgehead atoms. The number of hydrogen-bond acceptors (Lipinski definition) is 5. The van der Waals surface area contributed by atoms with E-state index in [4.69, 9.17) is 0 Å². The second kappa shape index (κ2) is 8.46. The molecule has 1 atom stereocenters. The van der Waals surface area contributed by atoms with Crippen LogP contribution in [0.25, 0.3) is 0 Å². The number of carbonyl (C=O) groups excluding carboxylic acids is 2. The lowest BCUT2D eigenvalue weighted by atomic mass is 10.1. The molecule has 2 fully saturated rings. The molecular weight excluding hydrogens is 360 g/mol. The van der Waals surface area contributed by atoms with Gasteiger partial charge in [-0.25, -0.2) is 0 Å². The summed E-state index contributed by atoms with van der Waals surface area (Å²) in [5, 5.41) is 14.1. The zero-order valence-electron chi connectivity index (χ0n) is 14.6. The van der Waals surface area contributed by atoms with Crippen LogP contribution in [-0.2, 0) is 4.79 Å². The van der Waals surface area contributed by atoms with Crippen LogP contribution in [0.1, 0.15) is 28.8 Å². The molecule has 2 aliphatic heterocycles. The van der Waals surface area contributed by atoms with Gasteiger partial charge in [-0.3, -0.25) is 19.7 Å². The maximum atomic E-state index is 12.9. The third kappa shape index (κ3) is 3.96. The standard InChI is InChI=1S/C17H22N4O4.ClH/c1-12-11-13(4-5-14(12)21(24)25)16(22)20-8-2-3-15(20)17(23)19-9-6-18-7-10-19;/h4-5,11,15,18H,2-3,6-10H2,1H3;1H. The summed E-state index contributed by atoms with van der Waals surface area (Å²) in [6.07, 6.45) is 1.46. The predicted octanol–water partition coefficient (Wildman–Crippen LogP) is 1.36. The van der Waals surface area contributed by atoms with Gasteiger partial charge in [0, 0.05) is 49.9 Å². The number of hydrogen-bond donors (Lipinski definition) is 1. The van der Waals surface area contributed by atoms with Crippen molar-refractivity contribution in [2.75, 3.05) is 32.7 Å². The van der Waals surface area contributed by atoms with E-state index < -0.39 is 11.0 Å². The zero-order chi connectivity index (χ0) is 18.0. The topological polar surface area (TPSA) is 95.8 Å². The molecule has 2 heterocycles. The van der Waals surface area contributed by atoms with Crippen LogP contribution in [0.5, 0.6) is 0 Å².